The molecule has 0 heterocycles. The van der Waals surface area contributed by atoms with Gasteiger partial charge in [-0.3, -0.25) is 28.8 Å². The lowest BCUT2D eigenvalue weighted by Crippen LogP contribution is -2.56. The molecule has 0 aromatic carbocycles. The molecule has 1 N–H and O–H groups in total. The van der Waals surface area contributed by atoms with Gasteiger partial charge in [-0.15, -0.1) is 0 Å². The molecule has 12 atom stereocenters. The van der Waals surface area contributed by atoms with E-state index in [1.807, 2.05) is 6.92 Å². The number of carboxylic acid groups (broad SMARTS) is 1. The molecule has 0 unspecified atom stereocenters. The molecule has 5 rings (SSSR count). The van der Waals surface area contributed by atoms with Gasteiger partial charge in [-0.2, -0.15) is 0 Å². The van der Waals surface area contributed by atoms with E-state index in [9.17, 15) is 33.9 Å². The quantitative estimate of drug-likeness (QED) is 0.157. The van der Waals surface area contributed by atoms with Gasteiger partial charge in [0.05, 0.1) is 19.4 Å². The molecule has 0 aliphatic heterocycles. The number of esters is 3. The maximum atomic E-state index is 14.2. The van der Waals surface area contributed by atoms with Crippen molar-refractivity contribution in [3.8, 4) is 0 Å². The van der Waals surface area contributed by atoms with Gasteiger partial charge in [0, 0.05) is 37.5 Å². The fourth-order valence-electron chi connectivity index (χ4n) is 11.4. The Labute approximate surface area is 283 Å². The van der Waals surface area contributed by atoms with Crippen LogP contribution in [0.15, 0.2) is 24.3 Å². The second-order valence-electron chi connectivity index (χ2n) is 16.1. The molecule has 10 nitrogen and oxygen atoms in total. The number of hydrogen-bond donors (Lipinski definition) is 1. The molecule has 0 aromatic heterocycles. The van der Waals surface area contributed by atoms with Crippen molar-refractivity contribution in [3.63, 3.8) is 0 Å². The summed E-state index contributed by atoms with van der Waals surface area (Å²) in [7, 11) is 0. The molecule has 10 heteroatoms. The molecule has 5 aliphatic rings. The summed E-state index contributed by atoms with van der Waals surface area (Å²) in [5, 5.41) is 9.18. The van der Waals surface area contributed by atoms with E-state index in [4.69, 9.17) is 14.2 Å². The first kappa shape index (κ1) is 36.0. The summed E-state index contributed by atoms with van der Waals surface area (Å²) in [5.74, 6) is -4.12. The number of ether oxygens (including phenoxy) is 3. The molecule has 0 bridgehead atoms. The maximum Gasteiger partial charge on any atom is 0.307 e. The second-order valence-corrected chi connectivity index (χ2v) is 16.1. The van der Waals surface area contributed by atoms with Crippen LogP contribution in [-0.4, -0.2) is 59.4 Å². The van der Waals surface area contributed by atoms with E-state index in [1.54, 1.807) is 13.0 Å². The molecule has 4 fully saturated rings. The van der Waals surface area contributed by atoms with Gasteiger partial charge in [0.2, 0.25) is 0 Å². The van der Waals surface area contributed by atoms with E-state index in [0.717, 1.165) is 32.1 Å². The SMILES string of the molecule is C=C(C(=O)[C@H](OC(=O)CCC(=O)O)[C@@H](C)[C@H]1[C@@H](OC(C)=O)C[C@@]2(C)[C@@H]3CC[C@H]4[C@H](C)C(=O)C=C[C@@]45C[C@@]35CC[C@]12C)[C@@H](C)COC(C)=O. The Morgan fingerprint density at radius 2 is 1.71 bits per heavy atom. The van der Waals surface area contributed by atoms with Crippen LogP contribution < -0.4 is 0 Å². The number of carbonyl (C=O) groups is 6. The van der Waals surface area contributed by atoms with Crippen LogP contribution in [0, 0.1) is 57.2 Å². The molecule has 48 heavy (non-hydrogen) atoms. The fourth-order valence-corrected chi connectivity index (χ4v) is 11.4. The molecule has 0 radical (unpaired) electrons. The number of aliphatic carboxylic acids is 1. The van der Waals surface area contributed by atoms with Crippen LogP contribution in [0.3, 0.4) is 0 Å². The Hall–Kier alpha value is -3.30. The second kappa shape index (κ2) is 12.5. The van der Waals surface area contributed by atoms with Crippen molar-refractivity contribution in [2.75, 3.05) is 6.61 Å². The first-order valence-corrected chi connectivity index (χ1v) is 17.5. The minimum atomic E-state index is -1.31. The number of carboxylic acids is 1. The Bertz CT molecular complexity index is 1450. The van der Waals surface area contributed by atoms with Crippen LogP contribution in [0.1, 0.15) is 99.8 Å². The highest BCUT2D eigenvalue weighted by atomic mass is 16.6. The van der Waals surface area contributed by atoms with Crippen LogP contribution in [0.4, 0.5) is 0 Å². The Morgan fingerprint density at radius 1 is 1.02 bits per heavy atom. The van der Waals surface area contributed by atoms with Gasteiger partial charge in [-0.05, 0) is 83.7 Å². The molecular weight excluding hydrogens is 616 g/mol. The summed E-state index contributed by atoms with van der Waals surface area (Å²) in [6.07, 6.45) is 6.64. The first-order chi connectivity index (χ1) is 22.3. The molecule has 4 saturated carbocycles. The first-order valence-electron chi connectivity index (χ1n) is 17.5. The third kappa shape index (κ3) is 5.55. The third-order valence-electron chi connectivity index (χ3n) is 13.9. The smallest absolute Gasteiger partial charge is 0.307 e. The van der Waals surface area contributed by atoms with Crippen molar-refractivity contribution in [1.82, 2.24) is 0 Å². The van der Waals surface area contributed by atoms with Crippen LogP contribution in [0.2, 0.25) is 0 Å². The molecule has 0 amide bonds. The van der Waals surface area contributed by atoms with Crippen molar-refractivity contribution >= 4 is 35.4 Å². The van der Waals surface area contributed by atoms with Crippen molar-refractivity contribution in [2.24, 2.45) is 57.2 Å². The zero-order valence-electron chi connectivity index (χ0n) is 29.5. The summed E-state index contributed by atoms with van der Waals surface area (Å²) >= 11 is 0. The van der Waals surface area contributed by atoms with Crippen LogP contribution in [0.25, 0.3) is 0 Å². The highest BCUT2D eigenvalue weighted by molar-refractivity contribution is 6.00. The minimum absolute atomic E-state index is 0.000468. The van der Waals surface area contributed by atoms with Gasteiger partial charge in [-0.25, -0.2) is 0 Å². The maximum absolute atomic E-state index is 14.2. The number of allylic oxidation sites excluding steroid dienone is 2. The van der Waals surface area contributed by atoms with Crippen molar-refractivity contribution in [3.05, 3.63) is 24.3 Å². The van der Waals surface area contributed by atoms with Crippen LogP contribution >= 0.6 is 0 Å². The number of hydrogen-bond acceptors (Lipinski definition) is 9. The fraction of sp³-hybridized carbons (Fsp3) is 0.737. The van der Waals surface area contributed by atoms with Crippen molar-refractivity contribution < 1.29 is 48.1 Å². The molecule has 5 aliphatic carbocycles. The topological polar surface area (TPSA) is 150 Å². The number of carbonyl (C=O) groups excluding carboxylic acids is 5. The number of fused-ring (bicyclic) bond motifs is 2. The van der Waals surface area contributed by atoms with Gasteiger partial charge < -0.3 is 19.3 Å². The summed E-state index contributed by atoms with van der Waals surface area (Å²) in [4.78, 5) is 75.3. The van der Waals surface area contributed by atoms with E-state index < -0.39 is 72.0 Å². The van der Waals surface area contributed by atoms with Crippen LogP contribution in [-0.2, 0) is 43.0 Å². The lowest BCUT2D eigenvalue weighted by Gasteiger charge is -2.61. The zero-order valence-corrected chi connectivity index (χ0v) is 29.5. The molecule has 2 spiro atoms. The zero-order chi connectivity index (χ0) is 35.6. The minimum Gasteiger partial charge on any atom is -0.481 e. The van der Waals surface area contributed by atoms with Crippen molar-refractivity contribution in [1.29, 1.82) is 0 Å². The lowest BCUT2D eigenvalue weighted by atomic mass is 9.43. The summed E-state index contributed by atoms with van der Waals surface area (Å²) < 4.78 is 17.1. The number of Topliss-reactive ketones (excluding diaryl/α,β-unsaturated/α-hetero) is 1. The van der Waals surface area contributed by atoms with Gasteiger partial charge in [-0.1, -0.05) is 47.3 Å². The van der Waals surface area contributed by atoms with E-state index >= 15 is 0 Å². The predicted molar refractivity (Wildman–Crippen MR) is 174 cm³/mol. The van der Waals surface area contributed by atoms with Gasteiger partial charge in [0.25, 0.3) is 0 Å². The van der Waals surface area contributed by atoms with Crippen LogP contribution in [0.5, 0.6) is 0 Å². The molecule has 0 aromatic rings. The molecular formula is C38H52O10. The Kier molecular flexibility index (Phi) is 9.41. The summed E-state index contributed by atoms with van der Waals surface area (Å²) in [6.45, 7) is 16.7. The Balaban J connectivity index is 1.51. The third-order valence-corrected chi connectivity index (χ3v) is 13.9. The van der Waals surface area contributed by atoms with E-state index in [1.165, 1.54) is 13.8 Å². The van der Waals surface area contributed by atoms with E-state index in [0.29, 0.717) is 18.3 Å². The Morgan fingerprint density at radius 3 is 2.33 bits per heavy atom. The van der Waals surface area contributed by atoms with E-state index in [-0.39, 0.29) is 46.0 Å². The lowest BCUT2D eigenvalue weighted by molar-refractivity contribution is -0.168. The normalized spacial score (nSPS) is 39.3. The summed E-state index contributed by atoms with van der Waals surface area (Å²) in [5.41, 5.74) is -0.494. The van der Waals surface area contributed by atoms with Gasteiger partial charge in [0.1, 0.15) is 6.10 Å². The predicted octanol–water partition coefficient (Wildman–Crippen LogP) is 5.66. The number of ketones is 2. The van der Waals surface area contributed by atoms with Crippen molar-refractivity contribution in [2.45, 2.75) is 112 Å². The largest absolute Gasteiger partial charge is 0.481 e. The highest BCUT2D eigenvalue weighted by Crippen LogP contribution is 2.87. The van der Waals surface area contributed by atoms with Gasteiger partial charge >= 0.3 is 23.9 Å². The monoisotopic (exact) mass is 668 g/mol. The average molecular weight is 669 g/mol. The highest BCUT2D eigenvalue weighted by Gasteiger charge is 2.81. The van der Waals surface area contributed by atoms with E-state index in [2.05, 4.69) is 33.4 Å². The molecule has 264 valence electrons. The number of rotatable bonds is 12. The standard InChI is InChI=1S/C38H52O10/c1-20(18-46-24(5)39)21(2)33(45)34(48-31(44)12-11-30(42)43)23(4)32-28(47-25(6)40)17-36(8)29-10-9-26-22(3)27(41)13-14-37(26)19-38(29,37)16-15-35(32,36)7/h13-14,20,22-23,26,28-29,32,34H,2,9-12,15-19H2,1,3-8H3,(H,42,43)/t20-,22-,23-,26-,28-,29-,32-,34+,35+,36-,37+,38-/m0/s1. The summed E-state index contributed by atoms with van der Waals surface area (Å²) in [6, 6.07) is 0. The average Bonchev–Trinajstić information content (AvgIpc) is 3.62. The molecule has 0 saturated heterocycles. The van der Waals surface area contributed by atoms with Gasteiger partial charge in [0.15, 0.2) is 17.7 Å².